The molecule has 0 bridgehead atoms. The summed E-state index contributed by atoms with van der Waals surface area (Å²) < 4.78 is 0. The number of benzene rings is 1. The number of fused-ring (bicyclic) bond motifs is 1. The van der Waals surface area contributed by atoms with Crippen molar-refractivity contribution in [2.45, 2.75) is 84.0 Å². The van der Waals surface area contributed by atoms with Crippen molar-refractivity contribution in [3.8, 4) is 0 Å². The van der Waals surface area contributed by atoms with Crippen LogP contribution in [-0.4, -0.2) is 108 Å². The van der Waals surface area contributed by atoms with Crippen LogP contribution in [0.15, 0.2) is 54.7 Å². The normalized spacial score (nSPS) is 13.6. The number of carboxylic acid groups (broad SMARTS) is 1. The minimum atomic E-state index is -1.24. The van der Waals surface area contributed by atoms with Gasteiger partial charge in [0.05, 0.1) is 28.3 Å². The largest absolute Gasteiger partial charge is 0.480 e. The second-order valence-corrected chi connectivity index (χ2v) is 16.4. The number of amides is 7. The third-order valence-corrected chi connectivity index (χ3v) is 11.0. The molecule has 4 aromatic rings. The molecule has 344 valence electrons. The number of hydrogen-bond donors (Lipinski definition) is 9. The number of nitrogens with zero attached hydrogens (tertiary/aromatic N) is 5. The summed E-state index contributed by atoms with van der Waals surface area (Å²) in [6, 6.07) is 6.29. The molecule has 0 fully saturated rings. The number of thiophene rings is 1. The Bertz CT molecular complexity index is 2440. The van der Waals surface area contributed by atoms with Gasteiger partial charge >= 0.3 is 5.97 Å². The first-order valence-corrected chi connectivity index (χ1v) is 21.5. The van der Waals surface area contributed by atoms with E-state index in [4.69, 9.17) is 11.5 Å². The van der Waals surface area contributed by atoms with Crippen LogP contribution in [0.4, 0.5) is 22.5 Å². The molecule has 65 heavy (non-hydrogen) atoms. The number of nitrogen functional groups attached to an aromatic ring is 2. The van der Waals surface area contributed by atoms with Gasteiger partial charge in [0.15, 0.2) is 17.0 Å². The lowest BCUT2D eigenvalue weighted by Gasteiger charge is -2.23. The van der Waals surface area contributed by atoms with E-state index in [9.17, 15) is 43.5 Å². The molecule has 3 atom stereocenters. The van der Waals surface area contributed by atoms with Crippen molar-refractivity contribution >= 4 is 92.3 Å². The summed E-state index contributed by atoms with van der Waals surface area (Å²) in [7, 11) is 0. The van der Waals surface area contributed by atoms with Gasteiger partial charge in [-0.25, -0.2) is 14.8 Å². The van der Waals surface area contributed by atoms with Crippen molar-refractivity contribution in [1.29, 1.82) is 0 Å². The molecule has 11 N–H and O–H groups in total. The van der Waals surface area contributed by atoms with Gasteiger partial charge in [-0.1, -0.05) is 20.3 Å². The van der Waals surface area contributed by atoms with Gasteiger partial charge in [0, 0.05) is 42.9 Å². The molecular formula is C42H51N13O9S. The number of nitrogens with two attached hydrogens (primary N) is 2. The maximum atomic E-state index is 13.1. The third kappa shape index (κ3) is 14.0. The van der Waals surface area contributed by atoms with Crippen LogP contribution in [0.2, 0.25) is 0 Å². The molecule has 7 amide bonds. The van der Waals surface area contributed by atoms with Crippen molar-refractivity contribution < 1.29 is 43.5 Å². The molecule has 0 aliphatic carbocycles. The van der Waals surface area contributed by atoms with Crippen LogP contribution in [0.5, 0.6) is 0 Å². The second-order valence-electron chi connectivity index (χ2n) is 15.3. The van der Waals surface area contributed by atoms with E-state index in [2.05, 4.69) is 51.8 Å². The molecule has 0 unspecified atom stereocenters. The molecule has 22 nitrogen and oxygen atoms in total. The van der Waals surface area contributed by atoms with Crippen LogP contribution in [-0.2, 0) is 35.3 Å². The Morgan fingerprint density at radius 3 is 2.23 bits per heavy atom. The first kappa shape index (κ1) is 48.5. The van der Waals surface area contributed by atoms with Crippen molar-refractivity contribution in [2.75, 3.05) is 35.2 Å². The molecule has 5 rings (SSSR count). The zero-order chi connectivity index (χ0) is 47.2. The number of hydrogen-bond acceptors (Lipinski definition) is 16. The molecule has 1 aliphatic rings. The van der Waals surface area contributed by atoms with E-state index in [-0.39, 0.29) is 90.4 Å². The number of anilines is 4. The maximum absolute atomic E-state index is 13.1. The smallest absolute Gasteiger partial charge is 0.326 e. The van der Waals surface area contributed by atoms with E-state index in [0.717, 1.165) is 16.2 Å². The van der Waals surface area contributed by atoms with Gasteiger partial charge in [-0.05, 0) is 74.9 Å². The molecule has 0 saturated carbocycles. The lowest BCUT2D eigenvalue weighted by molar-refractivity contribution is -0.139. The molecule has 4 heterocycles. The summed E-state index contributed by atoms with van der Waals surface area (Å²) >= 11 is 0.995. The summed E-state index contributed by atoms with van der Waals surface area (Å²) in [5, 5.41) is 26.5. The highest BCUT2D eigenvalue weighted by Crippen LogP contribution is 2.22. The quantitative estimate of drug-likeness (QED) is 0.0378. The fraction of sp³-hybridized carbons (Fsp3) is 0.381. The Labute approximate surface area is 376 Å². The fourth-order valence-electron chi connectivity index (χ4n) is 6.38. The van der Waals surface area contributed by atoms with E-state index in [1.807, 2.05) is 0 Å². The number of carbonyl (C=O) groups is 8. The maximum Gasteiger partial charge on any atom is 0.326 e. The number of imide groups is 1. The van der Waals surface area contributed by atoms with E-state index >= 15 is 0 Å². The zero-order valence-electron chi connectivity index (χ0n) is 35.9. The van der Waals surface area contributed by atoms with Crippen molar-refractivity contribution in [3.63, 3.8) is 0 Å². The van der Waals surface area contributed by atoms with Crippen molar-refractivity contribution in [2.24, 2.45) is 5.92 Å². The first-order valence-electron chi connectivity index (χ1n) is 20.7. The first-order chi connectivity index (χ1) is 31.0. The minimum absolute atomic E-state index is 0.00853. The SMILES string of the molecule is CC(C)[C@H](NC(=O)CCCCCN1C(=O)C=CC1=O)C(=O)N[C@@H](C)C(=O)Nc1ccc(C(=O)NCCC[C@H](NC(=O)c2ccc(NCc3cnc4nc(N)nc(N)c4n3)cc2)C(=O)O)s1. The van der Waals surface area contributed by atoms with Gasteiger partial charge in [-0.15, -0.1) is 11.3 Å². The highest BCUT2D eigenvalue weighted by Gasteiger charge is 2.28. The van der Waals surface area contributed by atoms with E-state index in [1.54, 1.807) is 26.0 Å². The number of aliphatic carboxylic acids is 1. The molecule has 1 aromatic carbocycles. The highest BCUT2D eigenvalue weighted by atomic mass is 32.1. The lowest BCUT2D eigenvalue weighted by atomic mass is 10.0. The summed E-state index contributed by atoms with van der Waals surface area (Å²) in [5.41, 5.74) is 13.5. The number of unbranched alkanes of at least 4 members (excludes halogenated alkanes) is 2. The molecule has 1 aliphatic heterocycles. The summed E-state index contributed by atoms with van der Waals surface area (Å²) in [6.45, 7) is 5.64. The minimum Gasteiger partial charge on any atom is -0.480 e. The zero-order valence-corrected chi connectivity index (χ0v) is 36.7. The van der Waals surface area contributed by atoms with Crippen LogP contribution < -0.4 is 43.4 Å². The topological polar surface area (TPSA) is 336 Å². The number of aromatic nitrogens is 4. The Morgan fingerprint density at radius 1 is 0.815 bits per heavy atom. The Kier molecular flexibility index (Phi) is 16.9. The third-order valence-electron chi connectivity index (χ3n) is 9.96. The van der Waals surface area contributed by atoms with Gasteiger partial charge in [0.1, 0.15) is 18.1 Å². The van der Waals surface area contributed by atoms with E-state index < -0.39 is 47.7 Å². The van der Waals surface area contributed by atoms with Gasteiger partial charge in [-0.2, -0.15) is 9.97 Å². The van der Waals surface area contributed by atoms with Gasteiger partial charge in [0.2, 0.25) is 23.7 Å². The van der Waals surface area contributed by atoms with E-state index in [1.165, 1.54) is 49.5 Å². The standard InChI is InChI=1S/C42H51N13O9S/c1-22(2)33(51-29(56)9-5-4-6-19-55-31(57)16-17-32(55)58)40(62)48-23(3)37(59)52-30-15-14-28(65-30)39(61)45-18-7-8-27(41(63)64)50-38(60)24-10-12-25(13-11-24)46-20-26-21-47-36-34(49-26)35(43)53-42(44)54-36/h10-17,21-23,27,33,46H,4-9,18-20H2,1-3H3,(H,45,61)(H,48,62)(H,50,60)(H,51,56)(H,52,59)(H,63,64)(H4,43,44,47,53,54)/t23-,27-,33-/m0/s1. The summed E-state index contributed by atoms with van der Waals surface area (Å²) in [4.78, 5) is 118. The predicted octanol–water partition coefficient (Wildman–Crippen LogP) is 1.72. The molecular weight excluding hydrogens is 863 g/mol. The molecule has 0 spiro atoms. The fourth-order valence-corrected chi connectivity index (χ4v) is 7.21. The number of carbonyl (C=O) groups excluding carboxylic acids is 7. The van der Waals surface area contributed by atoms with Gasteiger partial charge in [0.25, 0.3) is 23.6 Å². The molecule has 0 radical (unpaired) electrons. The van der Waals surface area contributed by atoms with Gasteiger partial charge < -0.3 is 48.5 Å². The monoisotopic (exact) mass is 913 g/mol. The Balaban J connectivity index is 0.990. The average Bonchev–Trinajstić information content (AvgIpc) is 3.87. The second kappa shape index (κ2) is 22.7. The van der Waals surface area contributed by atoms with Crippen LogP contribution >= 0.6 is 11.3 Å². The van der Waals surface area contributed by atoms with Crippen LogP contribution in [0.3, 0.4) is 0 Å². The average molecular weight is 914 g/mol. The highest BCUT2D eigenvalue weighted by molar-refractivity contribution is 7.18. The Morgan fingerprint density at radius 2 is 1.54 bits per heavy atom. The predicted molar refractivity (Wildman–Crippen MR) is 240 cm³/mol. The van der Waals surface area contributed by atoms with Gasteiger partial charge in [-0.3, -0.25) is 38.5 Å². The summed E-state index contributed by atoms with van der Waals surface area (Å²) in [6.07, 6.45) is 5.97. The molecule has 23 heteroatoms. The van der Waals surface area contributed by atoms with E-state index in [0.29, 0.717) is 41.2 Å². The van der Waals surface area contributed by atoms with Crippen LogP contribution in [0.25, 0.3) is 11.2 Å². The number of rotatable bonds is 23. The van der Waals surface area contributed by atoms with Crippen LogP contribution in [0.1, 0.15) is 85.0 Å². The van der Waals surface area contributed by atoms with Crippen molar-refractivity contribution in [3.05, 3.63) is 70.9 Å². The lowest BCUT2D eigenvalue weighted by Crippen LogP contribution is -2.53. The van der Waals surface area contributed by atoms with Crippen molar-refractivity contribution in [1.82, 2.24) is 46.1 Å². The summed E-state index contributed by atoms with van der Waals surface area (Å²) in [5.74, 6) is -4.64. The molecule has 0 saturated heterocycles. The molecule has 3 aromatic heterocycles. The number of nitrogens with one attached hydrogen (secondary N) is 6. The number of carboxylic acids is 1. The Hall–Kier alpha value is -7.56. The van der Waals surface area contributed by atoms with Crippen LogP contribution in [0, 0.1) is 5.92 Å².